The molecule has 0 saturated carbocycles. The van der Waals surface area contributed by atoms with E-state index in [9.17, 15) is 9.59 Å². The third-order valence-corrected chi connectivity index (χ3v) is 4.31. The van der Waals surface area contributed by atoms with Gasteiger partial charge in [0.15, 0.2) is 0 Å². The second kappa shape index (κ2) is 6.46. The lowest BCUT2D eigenvalue weighted by atomic mass is 10.2. The largest absolute Gasteiger partial charge is 0.350 e. The molecule has 2 rings (SSSR count). The first kappa shape index (κ1) is 15.1. The van der Waals surface area contributed by atoms with E-state index < -0.39 is 0 Å². The van der Waals surface area contributed by atoms with Gasteiger partial charge in [-0.1, -0.05) is 35.3 Å². The summed E-state index contributed by atoms with van der Waals surface area (Å²) in [7, 11) is 0. The van der Waals surface area contributed by atoms with E-state index in [1.165, 1.54) is 0 Å². The van der Waals surface area contributed by atoms with E-state index in [1.54, 1.807) is 17.0 Å². The lowest BCUT2D eigenvalue weighted by Crippen LogP contribution is -2.44. The van der Waals surface area contributed by atoms with Gasteiger partial charge in [0, 0.05) is 19.5 Å². The molecule has 0 spiro atoms. The summed E-state index contributed by atoms with van der Waals surface area (Å²) in [6.45, 7) is 2.73. The van der Waals surface area contributed by atoms with Crippen molar-refractivity contribution in [3.8, 4) is 0 Å². The number of halogens is 2. The smallest absolute Gasteiger partial charge is 0.243 e. The predicted octanol–water partition coefficient (Wildman–Crippen LogP) is 2.62. The number of hydrogen-bond donors (Lipinski definition) is 1. The third-order valence-electron chi connectivity index (χ3n) is 3.46. The molecular formula is C14H16Cl2N2O2. The van der Waals surface area contributed by atoms with Gasteiger partial charge < -0.3 is 10.2 Å². The van der Waals surface area contributed by atoms with E-state index in [0.29, 0.717) is 36.0 Å². The van der Waals surface area contributed by atoms with Crippen LogP contribution in [0.2, 0.25) is 10.0 Å². The van der Waals surface area contributed by atoms with Crippen molar-refractivity contribution < 1.29 is 9.59 Å². The van der Waals surface area contributed by atoms with Crippen LogP contribution in [-0.2, 0) is 16.1 Å². The number of carbonyl (C=O) groups excluding carboxylic acids is 2. The Kier molecular flexibility index (Phi) is 4.89. The molecule has 1 aliphatic heterocycles. The molecule has 0 aliphatic carbocycles. The maximum absolute atomic E-state index is 12.1. The van der Waals surface area contributed by atoms with Crippen molar-refractivity contribution in [1.82, 2.24) is 10.2 Å². The molecule has 1 aliphatic rings. The Labute approximate surface area is 128 Å². The first-order valence-corrected chi connectivity index (χ1v) is 7.30. The minimum Gasteiger partial charge on any atom is -0.350 e. The van der Waals surface area contributed by atoms with E-state index in [0.717, 1.165) is 5.56 Å². The van der Waals surface area contributed by atoms with Crippen LogP contribution in [0, 0.1) is 0 Å². The van der Waals surface area contributed by atoms with Gasteiger partial charge in [0.05, 0.1) is 10.0 Å². The Morgan fingerprint density at radius 3 is 2.90 bits per heavy atom. The number of nitrogens with zero attached hydrogens (tertiary/aromatic N) is 1. The van der Waals surface area contributed by atoms with Gasteiger partial charge in [-0.3, -0.25) is 9.59 Å². The zero-order chi connectivity index (χ0) is 14.7. The minimum absolute atomic E-state index is 0.0356. The molecule has 1 saturated heterocycles. The fourth-order valence-electron chi connectivity index (χ4n) is 2.39. The van der Waals surface area contributed by atoms with Crippen LogP contribution >= 0.6 is 23.2 Å². The number of likely N-dealkylation sites (N-methyl/N-ethyl adjacent to an activating group) is 1. The molecule has 1 aromatic carbocycles. The highest BCUT2D eigenvalue weighted by molar-refractivity contribution is 6.42. The summed E-state index contributed by atoms with van der Waals surface area (Å²) in [5.74, 6) is -0.109. The van der Waals surface area contributed by atoms with Crippen molar-refractivity contribution in [2.75, 3.05) is 6.54 Å². The number of benzene rings is 1. The average Bonchev–Trinajstić information content (AvgIpc) is 2.81. The second-order valence-electron chi connectivity index (χ2n) is 4.66. The van der Waals surface area contributed by atoms with Crippen LogP contribution in [0.5, 0.6) is 0 Å². The monoisotopic (exact) mass is 314 g/mol. The molecule has 1 atom stereocenters. The molecule has 1 aromatic rings. The van der Waals surface area contributed by atoms with Crippen molar-refractivity contribution in [2.24, 2.45) is 0 Å². The van der Waals surface area contributed by atoms with E-state index >= 15 is 0 Å². The number of rotatable bonds is 4. The molecule has 20 heavy (non-hydrogen) atoms. The van der Waals surface area contributed by atoms with Crippen LogP contribution in [0.4, 0.5) is 0 Å². The molecule has 0 bridgehead atoms. The number of nitrogens with one attached hydrogen (secondary N) is 1. The zero-order valence-corrected chi connectivity index (χ0v) is 12.7. The van der Waals surface area contributed by atoms with Gasteiger partial charge in [0.1, 0.15) is 6.04 Å². The Balaban J connectivity index is 1.99. The van der Waals surface area contributed by atoms with Gasteiger partial charge in [0.25, 0.3) is 0 Å². The Bertz CT molecular complexity index is 534. The molecule has 0 unspecified atom stereocenters. The molecule has 1 fully saturated rings. The standard InChI is InChI=1S/C14H16Cl2N2O2/c1-2-18-11(6-7-12(18)19)14(20)17-8-9-4-3-5-10(15)13(9)16/h3-5,11H,2,6-8H2,1H3,(H,17,20)/t11-/m1/s1. The highest BCUT2D eigenvalue weighted by atomic mass is 35.5. The van der Waals surface area contributed by atoms with Crippen LogP contribution in [-0.4, -0.2) is 29.3 Å². The van der Waals surface area contributed by atoms with Gasteiger partial charge in [-0.05, 0) is 25.0 Å². The summed E-state index contributed by atoms with van der Waals surface area (Å²) in [4.78, 5) is 25.4. The predicted molar refractivity (Wildman–Crippen MR) is 78.7 cm³/mol. The van der Waals surface area contributed by atoms with Crippen molar-refractivity contribution in [3.05, 3.63) is 33.8 Å². The van der Waals surface area contributed by atoms with Crippen LogP contribution in [0.15, 0.2) is 18.2 Å². The molecule has 6 heteroatoms. The Morgan fingerprint density at radius 2 is 2.20 bits per heavy atom. The zero-order valence-electron chi connectivity index (χ0n) is 11.2. The van der Waals surface area contributed by atoms with Crippen LogP contribution in [0.1, 0.15) is 25.3 Å². The first-order valence-electron chi connectivity index (χ1n) is 6.54. The quantitative estimate of drug-likeness (QED) is 0.928. The average molecular weight is 315 g/mol. The lowest BCUT2D eigenvalue weighted by Gasteiger charge is -2.22. The number of amides is 2. The van der Waals surface area contributed by atoms with Crippen LogP contribution in [0.25, 0.3) is 0 Å². The summed E-state index contributed by atoms with van der Waals surface area (Å²) in [6.07, 6.45) is 1.01. The van der Waals surface area contributed by atoms with E-state index in [-0.39, 0.29) is 17.9 Å². The van der Waals surface area contributed by atoms with E-state index in [1.807, 2.05) is 13.0 Å². The molecule has 108 valence electrons. The maximum atomic E-state index is 12.1. The van der Waals surface area contributed by atoms with Crippen molar-refractivity contribution >= 4 is 35.0 Å². The van der Waals surface area contributed by atoms with E-state index in [2.05, 4.69) is 5.32 Å². The van der Waals surface area contributed by atoms with Crippen LogP contribution < -0.4 is 5.32 Å². The van der Waals surface area contributed by atoms with Gasteiger partial charge in [-0.25, -0.2) is 0 Å². The minimum atomic E-state index is -0.370. The molecule has 0 radical (unpaired) electrons. The normalized spacial score (nSPS) is 18.4. The SMILES string of the molecule is CCN1C(=O)CC[C@@H]1C(=O)NCc1cccc(Cl)c1Cl. The second-order valence-corrected chi connectivity index (χ2v) is 5.45. The van der Waals surface area contributed by atoms with Crippen molar-refractivity contribution in [3.63, 3.8) is 0 Å². The highest BCUT2D eigenvalue weighted by Gasteiger charge is 2.34. The van der Waals surface area contributed by atoms with Gasteiger partial charge in [-0.15, -0.1) is 0 Å². The Hall–Kier alpha value is -1.26. The first-order chi connectivity index (χ1) is 9.54. The van der Waals surface area contributed by atoms with Crippen molar-refractivity contribution in [1.29, 1.82) is 0 Å². The fraction of sp³-hybridized carbons (Fsp3) is 0.429. The molecule has 1 N–H and O–H groups in total. The van der Waals surface area contributed by atoms with Gasteiger partial charge in [0.2, 0.25) is 11.8 Å². The highest BCUT2D eigenvalue weighted by Crippen LogP contribution is 2.25. The summed E-state index contributed by atoms with van der Waals surface area (Å²) < 4.78 is 0. The molecular weight excluding hydrogens is 299 g/mol. The summed E-state index contributed by atoms with van der Waals surface area (Å²) >= 11 is 12.0. The lowest BCUT2D eigenvalue weighted by molar-refractivity contribution is -0.135. The Morgan fingerprint density at radius 1 is 1.45 bits per heavy atom. The summed E-state index contributed by atoms with van der Waals surface area (Å²) in [5, 5.41) is 3.73. The number of likely N-dealkylation sites (tertiary alicyclic amines) is 1. The topological polar surface area (TPSA) is 49.4 Å². The molecule has 0 aromatic heterocycles. The molecule has 2 amide bonds. The van der Waals surface area contributed by atoms with Gasteiger partial charge in [-0.2, -0.15) is 0 Å². The number of hydrogen-bond acceptors (Lipinski definition) is 2. The third kappa shape index (κ3) is 3.07. The van der Waals surface area contributed by atoms with E-state index in [4.69, 9.17) is 23.2 Å². The van der Waals surface area contributed by atoms with Crippen molar-refractivity contribution in [2.45, 2.75) is 32.4 Å². The summed E-state index contributed by atoms with van der Waals surface area (Å²) in [5.41, 5.74) is 0.764. The summed E-state index contributed by atoms with van der Waals surface area (Å²) in [6, 6.07) is 4.92. The molecule has 4 nitrogen and oxygen atoms in total. The number of carbonyl (C=O) groups is 2. The fourth-order valence-corrected chi connectivity index (χ4v) is 2.77. The van der Waals surface area contributed by atoms with Crippen LogP contribution in [0.3, 0.4) is 0 Å². The maximum Gasteiger partial charge on any atom is 0.243 e. The van der Waals surface area contributed by atoms with Gasteiger partial charge >= 0.3 is 0 Å². The molecule has 1 heterocycles.